The highest BCUT2D eigenvalue weighted by Crippen LogP contribution is 2.52. The molecular weight excluding hydrogens is 194 g/mol. The molecule has 3 rings (SSSR count). The second-order valence-electron chi connectivity index (χ2n) is 6.58. The van der Waals surface area contributed by atoms with Crippen LogP contribution in [-0.4, -0.2) is 13.1 Å². The van der Waals surface area contributed by atoms with Crippen LogP contribution in [0.25, 0.3) is 0 Å². The van der Waals surface area contributed by atoms with Crippen LogP contribution in [0, 0.1) is 29.6 Å². The molecule has 5 atom stereocenters. The van der Waals surface area contributed by atoms with Gasteiger partial charge in [-0.25, -0.2) is 0 Å². The van der Waals surface area contributed by atoms with Gasteiger partial charge in [0, 0.05) is 0 Å². The molecule has 16 heavy (non-hydrogen) atoms. The van der Waals surface area contributed by atoms with E-state index < -0.39 is 0 Å². The summed E-state index contributed by atoms with van der Waals surface area (Å²) in [4.78, 5) is 0. The molecule has 1 heteroatoms. The van der Waals surface area contributed by atoms with Crippen LogP contribution in [-0.2, 0) is 0 Å². The van der Waals surface area contributed by atoms with Crippen molar-refractivity contribution in [3.63, 3.8) is 0 Å². The van der Waals surface area contributed by atoms with E-state index in [0.717, 1.165) is 36.1 Å². The van der Waals surface area contributed by atoms with E-state index in [1.54, 1.807) is 32.1 Å². The van der Waals surface area contributed by atoms with Gasteiger partial charge in [-0.05, 0) is 81.2 Å². The number of hydrogen-bond donors (Lipinski definition) is 1. The lowest BCUT2D eigenvalue weighted by Crippen LogP contribution is -2.36. The monoisotopic (exact) mass is 221 g/mol. The molecule has 0 saturated heterocycles. The molecule has 5 unspecified atom stereocenters. The maximum atomic E-state index is 3.54. The van der Waals surface area contributed by atoms with Crippen molar-refractivity contribution in [1.29, 1.82) is 0 Å². The van der Waals surface area contributed by atoms with E-state index in [2.05, 4.69) is 12.2 Å². The van der Waals surface area contributed by atoms with E-state index in [-0.39, 0.29) is 0 Å². The first-order valence-corrected chi connectivity index (χ1v) is 7.57. The first-order valence-electron chi connectivity index (χ1n) is 7.57. The third-order valence-electron chi connectivity index (χ3n) is 5.72. The first kappa shape index (κ1) is 11.1. The molecule has 0 aliphatic heterocycles. The highest BCUT2D eigenvalue weighted by atomic mass is 14.9. The highest BCUT2D eigenvalue weighted by Gasteiger charge is 2.42. The average molecular weight is 221 g/mol. The van der Waals surface area contributed by atoms with Gasteiger partial charge < -0.3 is 5.32 Å². The fourth-order valence-corrected chi connectivity index (χ4v) is 4.60. The van der Waals surface area contributed by atoms with Crippen molar-refractivity contribution in [3.8, 4) is 0 Å². The van der Waals surface area contributed by atoms with E-state index in [9.17, 15) is 0 Å². The molecule has 0 spiro atoms. The van der Waals surface area contributed by atoms with Crippen molar-refractivity contribution in [2.75, 3.05) is 13.1 Å². The molecule has 3 aliphatic carbocycles. The SMILES string of the molecule is CCNCC1CCC1CC1CC2CCC1C2. The van der Waals surface area contributed by atoms with Crippen LogP contribution in [0.15, 0.2) is 0 Å². The van der Waals surface area contributed by atoms with Crippen molar-refractivity contribution in [2.45, 2.75) is 51.9 Å². The van der Waals surface area contributed by atoms with Gasteiger partial charge >= 0.3 is 0 Å². The number of nitrogens with one attached hydrogen (secondary N) is 1. The number of rotatable bonds is 5. The molecule has 2 bridgehead atoms. The predicted molar refractivity (Wildman–Crippen MR) is 68.3 cm³/mol. The fraction of sp³-hybridized carbons (Fsp3) is 1.00. The van der Waals surface area contributed by atoms with E-state index in [1.165, 1.54) is 19.4 Å². The van der Waals surface area contributed by atoms with Crippen LogP contribution in [0.3, 0.4) is 0 Å². The molecule has 0 aromatic carbocycles. The molecule has 0 aromatic rings. The Kier molecular flexibility index (Phi) is 3.24. The lowest BCUT2D eigenvalue weighted by Gasteiger charge is -2.40. The molecule has 1 nitrogen and oxygen atoms in total. The van der Waals surface area contributed by atoms with Crippen LogP contribution in [0.4, 0.5) is 0 Å². The van der Waals surface area contributed by atoms with Gasteiger partial charge in [0.15, 0.2) is 0 Å². The van der Waals surface area contributed by atoms with Crippen molar-refractivity contribution in [1.82, 2.24) is 5.32 Å². The molecule has 0 aromatic heterocycles. The molecule has 3 aliphatic rings. The number of fused-ring (bicyclic) bond motifs is 2. The zero-order chi connectivity index (χ0) is 11.0. The molecule has 3 fully saturated rings. The summed E-state index contributed by atoms with van der Waals surface area (Å²) in [6.07, 6.45) is 10.9. The molecular formula is C15H27N. The molecule has 1 N–H and O–H groups in total. The van der Waals surface area contributed by atoms with Crippen molar-refractivity contribution < 1.29 is 0 Å². The van der Waals surface area contributed by atoms with E-state index >= 15 is 0 Å². The summed E-state index contributed by atoms with van der Waals surface area (Å²) < 4.78 is 0. The van der Waals surface area contributed by atoms with E-state index in [0.29, 0.717) is 0 Å². The maximum absolute atomic E-state index is 3.54. The van der Waals surface area contributed by atoms with Gasteiger partial charge in [-0.1, -0.05) is 13.3 Å². The Bertz CT molecular complexity index is 238. The summed E-state index contributed by atoms with van der Waals surface area (Å²) in [5, 5.41) is 3.54. The summed E-state index contributed by atoms with van der Waals surface area (Å²) in [7, 11) is 0. The molecule has 3 saturated carbocycles. The van der Waals surface area contributed by atoms with E-state index in [4.69, 9.17) is 0 Å². The Morgan fingerprint density at radius 3 is 2.38 bits per heavy atom. The van der Waals surface area contributed by atoms with Gasteiger partial charge in [0.2, 0.25) is 0 Å². The summed E-state index contributed by atoms with van der Waals surface area (Å²) in [6, 6.07) is 0. The summed E-state index contributed by atoms with van der Waals surface area (Å²) in [5.74, 6) is 5.53. The largest absolute Gasteiger partial charge is 0.317 e. The zero-order valence-electron chi connectivity index (χ0n) is 10.8. The highest BCUT2D eigenvalue weighted by molar-refractivity contribution is 4.93. The lowest BCUT2D eigenvalue weighted by molar-refractivity contribution is 0.120. The Balaban J connectivity index is 1.45. The maximum Gasteiger partial charge on any atom is -0.00180 e. The Morgan fingerprint density at radius 2 is 1.81 bits per heavy atom. The zero-order valence-corrected chi connectivity index (χ0v) is 10.8. The van der Waals surface area contributed by atoms with Crippen LogP contribution < -0.4 is 5.32 Å². The standard InChI is InChI=1S/C15H27N/c1-2-16-10-14-6-5-13(14)9-15-8-11-3-4-12(15)7-11/h11-16H,2-10H2,1H3. The van der Waals surface area contributed by atoms with Gasteiger partial charge in [-0.3, -0.25) is 0 Å². The topological polar surface area (TPSA) is 12.0 Å². The Morgan fingerprint density at radius 1 is 0.938 bits per heavy atom. The lowest BCUT2D eigenvalue weighted by atomic mass is 9.67. The molecule has 0 heterocycles. The van der Waals surface area contributed by atoms with Crippen LogP contribution in [0.2, 0.25) is 0 Å². The minimum absolute atomic E-state index is 1.03. The second kappa shape index (κ2) is 4.68. The van der Waals surface area contributed by atoms with Crippen LogP contribution in [0.5, 0.6) is 0 Å². The van der Waals surface area contributed by atoms with Gasteiger partial charge in [0.1, 0.15) is 0 Å². The van der Waals surface area contributed by atoms with Gasteiger partial charge in [-0.15, -0.1) is 0 Å². The van der Waals surface area contributed by atoms with Gasteiger partial charge in [0.25, 0.3) is 0 Å². The molecule has 0 radical (unpaired) electrons. The fourth-order valence-electron chi connectivity index (χ4n) is 4.60. The Hall–Kier alpha value is -0.0400. The third-order valence-corrected chi connectivity index (χ3v) is 5.72. The number of hydrogen-bond acceptors (Lipinski definition) is 1. The molecule has 0 amide bonds. The van der Waals surface area contributed by atoms with Gasteiger partial charge in [-0.2, -0.15) is 0 Å². The second-order valence-corrected chi connectivity index (χ2v) is 6.58. The van der Waals surface area contributed by atoms with Crippen molar-refractivity contribution in [3.05, 3.63) is 0 Å². The normalized spacial score (nSPS) is 45.9. The van der Waals surface area contributed by atoms with Crippen LogP contribution in [0.1, 0.15) is 51.9 Å². The smallest absolute Gasteiger partial charge is 0.00180 e. The summed E-state index contributed by atoms with van der Waals surface area (Å²) in [5.41, 5.74) is 0. The van der Waals surface area contributed by atoms with Crippen LogP contribution >= 0.6 is 0 Å². The van der Waals surface area contributed by atoms with E-state index in [1.807, 2.05) is 0 Å². The Labute approximate surface area is 100 Å². The average Bonchev–Trinajstić information content (AvgIpc) is 2.86. The minimum atomic E-state index is 1.03. The summed E-state index contributed by atoms with van der Waals surface area (Å²) in [6.45, 7) is 4.67. The first-order chi connectivity index (χ1) is 7.86. The third kappa shape index (κ3) is 2.03. The van der Waals surface area contributed by atoms with Crippen molar-refractivity contribution >= 4 is 0 Å². The predicted octanol–water partition coefficient (Wildman–Crippen LogP) is 3.45. The quantitative estimate of drug-likeness (QED) is 0.750. The van der Waals surface area contributed by atoms with Crippen molar-refractivity contribution in [2.24, 2.45) is 29.6 Å². The minimum Gasteiger partial charge on any atom is -0.317 e. The summed E-state index contributed by atoms with van der Waals surface area (Å²) >= 11 is 0. The molecule has 92 valence electrons. The van der Waals surface area contributed by atoms with Gasteiger partial charge in [0.05, 0.1) is 0 Å².